The van der Waals surface area contributed by atoms with Crippen LogP contribution in [0.2, 0.25) is 0 Å². The SMILES string of the molecule is Cl.NC(CC(=O)NCC1(Sc2ccccc2)CC1)c1ccccc1. The number of thioether (sulfide) groups is 1. The van der Waals surface area contributed by atoms with Crippen molar-refractivity contribution < 1.29 is 4.79 Å². The summed E-state index contributed by atoms with van der Waals surface area (Å²) in [6.07, 6.45) is 2.63. The predicted octanol–water partition coefficient (Wildman–Crippen LogP) is 3.94. The van der Waals surface area contributed by atoms with Crippen molar-refractivity contribution in [2.45, 2.75) is 34.9 Å². The highest BCUT2D eigenvalue weighted by molar-refractivity contribution is 8.01. The Morgan fingerprint density at radius 3 is 2.25 bits per heavy atom. The maximum Gasteiger partial charge on any atom is 0.221 e. The van der Waals surface area contributed by atoms with Crippen molar-refractivity contribution in [2.24, 2.45) is 5.73 Å². The highest BCUT2D eigenvalue weighted by atomic mass is 35.5. The molecule has 128 valence electrons. The second kappa shape index (κ2) is 8.56. The quantitative estimate of drug-likeness (QED) is 0.784. The van der Waals surface area contributed by atoms with E-state index in [9.17, 15) is 4.79 Å². The molecule has 0 heterocycles. The van der Waals surface area contributed by atoms with Gasteiger partial charge >= 0.3 is 0 Å². The zero-order chi connectivity index (χ0) is 16.1. The Hall–Kier alpha value is -1.49. The van der Waals surface area contributed by atoms with Gasteiger partial charge in [-0.15, -0.1) is 24.2 Å². The Labute approximate surface area is 153 Å². The van der Waals surface area contributed by atoms with Crippen LogP contribution in [0.5, 0.6) is 0 Å². The second-order valence-electron chi connectivity index (χ2n) is 6.10. The van der Waals surface area contributed by atoms with Crippen molar-refractivity contribution in [1.29, 1.82) is 0 Å². The van der Waals surface area contributed by atoms with Crippen LogP contribution in [0.3, 0.4) is 0 Å². The third-order valence-electron chi connectivity index (χ3n) is 4.13. The minimum Gasteiger partial charge on any atom is -0.355 e. The van der Waals surface area contributed by atoms with Crippen molar-refractivity contribution >= 4 is 30.1 Å². The minimum absolute atomic E-state index is 0. The van der Waals surface area contributed by atoms with Crippen molar-refractivity contribution in [3.05, 3.63) is 66.2 Å². The van der Waals surface area contributed by atoms with E-state index < -0.39 is 0 Å². The molecule has 5 heteroatoms. The predicted molar refractivity (Wildman–Crippen MR) is 103 cm³/mol. The fourth-order valence-corrected chi connectivity index (χ4v) is 3.79. The third-order valence-corrected chi connectivity index (χ3v) is 5.62. The first-order chi connectivity index (χ1) is 11.2. The van der Waals surface area contributed by atoms with Crippen molar-refractivity contribution in [1.82, 2.24) is 5.32 Å². The topological polar surface area (TPSA) is 55.1 Å². The molecule has 2 aromatic carbocycles. The van der Waals surface area contributed by atoms with Crippen LogP contribution in [0.15, 0.2) is 65.6 Å². The van der Waals surface area contributed by atoms with Crippen LogP contribution in [0.25, 0.3) is 0 Å². The minimum atomic E-state index is -0.242. The fraction of sp³-hybridized carbons (Fsp3) is 0.316. The molecule has 1 aliphatic rings. The first kappa shape index (κ1) is 18.8. The summed E-state index contributed by atoms with van der Waals surface area (Å²) in [5, 5.41) is 3.07. The summed E-state index contributed by atoms with van der Waals surface area (Å²) in [7, 11) is 0. The summed E-state index contributed by atoms with van der Waals surface area (Å²) in [5.74, 6) is 0.0290. The highest BCUT2D eigenvalue weighted by Crippen LogP contribution is 2.51. The number of benzene rings is 2. The summed E-state index contributed by atoms with van der Waals surface area (Å²) in [5.41, 5.74) is 7.11. The monoisotopic (exact) mass is 362 g/mol. The number of nitrogens with one attached hydrogen (secondary N) is 1. The molecule has 1 atom stereocenters. The van der Waals surface area contributed by atoms with E-state index in [0.29, 0.717) is 13.0 Å². The summed E-state index contributed by atoms with van der Waals surface area (Å²) in [4.78, 5) is 13.4. The number of nitrogens with two attached hydrogens (primary N) is 1. The largest absolute Gasteiger partial charge is 0.355 e. The van der Waals surface area contributed by atoms with Gasteiger partial charge in [-0.1, -0.05) is 48.5 Å². The number of amides is 1. The van der Waals surface area contributed by atoms with E-state index in [1.165, 1.54) is 4.90 Å². The second-order valence-corrected chi connectivity index (χ2v) is 7.64. The van der Waals surface area contributed by atoms with E-state index in [1.807, 2.05) is 48.2 Å². The number of halogens is 1. The molecule has 1 fully saturated rings. The van der Waals surface area contributed by atoms with E-state index in [4.69, 9.17) is 5.73 Å². The molecule has 0 aromatic heterocycles. The van der Waals surface area contributed by atoms with E-state index >= 15 is 0 Å². The fourth-order valence-electron chi connectivity index (χ4n) is 2.54. The van der Waals surface area contributed by atoms with E-state index in [2.05, 4.69) is 29.6 Å². The average molecular weight is 363 g/mol. The molecule has 1 saturated carbocycles. The lowest BCUT2D eigenvalue weighted by Crippen LogP contribution is -2.33. The van der Waals surface area contributed by atoms with Gasteiger partial charge in [-0.2, -0.15) is 0 Å². The lowest BCUT2D eigenvalue weighted by Gasteiger charge is -2.17. The van der Waals surface area contributed by atoms with Crippen molar-refractivity contribution in [3.63, 3.8) is 0 Å². The summed E-state index contributed by atoms with van der Waals surface area (Å²) >= 11 is 1.87. The summed E-state index contributed by atoms with van der Waals surface area (Å²) in [6, 6.07) is 19.9. The molecule has 24 heavy (non-hydrogen) atoms. The number of carbonyl (C=O) groups is 1. The Bertz CT molecular complexity index is 647. The van der Waals surface area contributed by atoms with Gasteiger partial charge in [0.05, 0.1) is 0 Å². The van der Waals surface area contributed by atoms with Crippen molar-refractivity contribution in [2.75, 3.05) is 6.54 Å². The number of hydrogen-bond donors (Lipinski definition) is 2. The van der Waals surface area contributed by atoms with E-state index in [0.717, 1.165) is 18.4 Å². The van der Waals surface area contributed by atoms with Crippen LogP contribution >= 0.6 is 24.2 Å². The van der Waals surface area contributed by atoms with Crippen LogP contribution in [0, 0.1) is 0 Å². The molecule has 0 saturated heterocycles. The smallest absolute Gasteiger partial charge is 0.221 e. The Kier molecular flexibility index (Phi) is 6.72. The molecule has 3 rings (SSSR count). The lowest BCUT2D eigenvalue weighted by molar-refractivity contribution is -0.121. The van der Waals surface area contributed by atoms with Gasteiger partial charge in [-0.05, 0) is 30.5 Å². The highest BCUT2D eigenvalue weighted by Gasteiger charge is 2.43. The number of carbonyl (C=O) groups excluding carboxylic acids is 1. The first-order valence-electron chi connectivity index (χ1n) is 7.98. The van der Waals surface area contributed by atoms with Gasteiger partial charge in [-0.25, -0.2) is 0 Å². The van der Waals surface area contributed by atoms with Gasteiger partial charge in [0.15, 0.2) is 0 Å². The van der Waals surface area contributed by atoms with Gasteiger partial charge in [0.1, 0.15) is 0 Å². The molecule has 0 radical (unpaired) electrons. The Morgan fingerprint density at radius 1 is 1.08 bits per heavy atom. The zero-order valence-corrected chi connectivity index (χ0v) is 15.1. The van der Waals surface area contributed by atoms with Gasteiger partial charge in [-0.3, -0.25) is 4.79 Å². The van der Waals surface area contributed by atoms with Gasteiger partial charge in [0.25, 0.3) is 0 Å². The summed E-state index contributed by atoms with van der Waals surface area (Å²) in [6.45, 7) is 0.715. The molecule has 0 bridgehead atoms. The summed E-state index contributed by atoms with van der Waals surface area (Å²) < 4.78 is 0.174. The van der Waals surface area contributed by atoms with Gasteiger partial charge in [0, 0.05) is 28.6 Å². The van der Waals surface area contributed by atoms with Gasteiger partial charge in [0.2, 0.25) is 5.91 Å². The number of hydrogen-bond acceptors (Lipinski definition) is 3. The van der Waals surface area contributed by atoms with Crippen molar-refractivity contribution in [3.8, 4) is 0 Å². The standard InChI is InChI=1S/C19H22N2OS.ClH/c20-17(15-7-3-1-4-8-15)13-18(22)21-14-19(11-12-19)23-16-9-5-2-6-10-16;/h1-10,17H,11-14,20H2,(H,21,22);1H. The maximum absolute atomic E-state index is 12.2. The lowest BCUT2D eigenvalue weighted by atomic mass is 10.0. The molecule has 0 aliphatic heterocycles. The molecule has 1 aliphatic carbocycles. The van der Waals surface area contributed by atoms with Gasteiger partial charge < -0.3 is 11.1 Å². The van der Waals surface area contributed by atoms with E-state index in [-0.39, 0.29) is 29.1 Å². The normalized spacial score (nSPS) is 15.9. The molecular formula is C19H23ClN2OS. The Balaban J connectivity index is 0.00000208. The van der Waals surface area contributed by atoms with Crippen LogP contribution in [0.4, 0.5) is 0 Å². The maximum atomic E-state index is 12.2. The van der Waals surface area contributed by atoms with Crippen LogP contribution in [0.1, 0.15) is 30.9 Å². The molecule has 1 amide bonds. The molecule has 1 unspecified atom stereocenters. The molecule has 2 aromatic rings. The third kappa shape index (κ3) is 5.26. The van der Waals surface area contributed by atoms with Crippen LogP contribution in [-0.2, 0) is 4.79 Å². The molecule has 3 N–H and O–H groups in total. The van der Waals surface area contributed by atoms with Crippen LogP contribution in [-0.4, -0.2) is 17.2 Å². The number of rotatable bonds is 7. The average Bonchev–Trinajstić information content (AvgIpc) is 3.35. The molecule has 3 nitrogen and oxygen atoms in total. The Morgan fingerprint density at radius 2 is 1.67 bits per heavy atom. The first-order valence-corrected chi connectivity index (χ1v) is 8.80. The zero-order valence-electron chi connectivity index (χ0n) is 13.5. The molecular weight excluding hydrogens is 340 g/mol. The van der Waals surface area contributed by atoms with Crippen LogP contribution < -0.4 is 11.1 Å². The van der Waals surface area contributed by atoms with E-state index in [1.54, 1.807) is 0 Å². The molecule has 0 spiro atoms.